The van der Waals surface area contributed by atoms with Crippen molar-refractivity contribution in [1.82, 2.24) is 5.32 Å². The van der Waals surface area contributed by atoms with Crippen LogP contribution in [0.3, 0.4) is 0 Å². The third-order valence-corrected chi connectivity index (χ3v) is 5.43. The Morgan fingerprint density at radius 1 is 1.12 bits per heavy atom. The number of carbonyl (C=O) groups is 2. The molecule has 1 aliphatic heterocycles. The molecular weight excluding hydrogens is 471 g/mol. The fraction of sp³-hybridized carbons (Fsp3) is 0.0870. The van der Waals surface area contributed by atoms with Crippen LogP contribution in [-0.2, 0) is 9.59 Å². The molecule has 2 heterocycles. The van der Waals surface area contributed by atoms with Crippen LogP contribution >= 0.6 is 35.4 Å². The van der Waals surface area contributed by atoms with Gasteiger partial charge in [0.05, 0.1) is 17.3 Å². The van der Waals surface area contributed by atoms with Gasteiger partial charge in [0.15, 0.2) is 5.11 Å². The smallest absolute Gasteiger partial charge is 0.270 e. The van der Waals surface area contributed by atoms with E-state index in [1.165, 1.54) is 11.0 Å². The first-order chi connectivity index (χ1) is 15.4. The SMILES string of the molecule is CCOc1cccc(N2C(=O)/C(=C\c3ccc(-c4ccc(Cl)cc4Cl)o3)C(=O)NC2=S)c1. The minimum absolute atomic E-state index is 0.0149. The van der Waals surface area contributed by atoms with Crippen LogP contribution in [0.5, 0.6) is 5.75 Å². The van der Waals surface area contributed by atoms with Crippen molar-refractivity contribution in [2.24, 2.45) is 0 Å². The number of nitrogens with zero attached hydrogens (tertiary/aromatic N) is 1. The highest BCUT2D eigenvalue weighted by Crippen LogP contribution is 2.32. The third kappa shape index (κ3) is 4.41. The zero-order valence-corrected chi connectivity index (χ0v) is 19.1. The van der Waals surface area contributed by atoms with Crippen molar-refractivity contribution in [3.05, 3.63) is 76.0 Å². The molecular formula is C23H16Cl2N2O4S. The molecule has 9 heteroatoms. The van der Waals surface area contributed by atoms with E-state index in [9.17, 15) is 9.59 Å². The highest BCUT2D eigenvalue weighted by Gasteiger charge is 2.35. The Kier molecular flexibility index (Phi) is 6.32. The van der Waals surface area contributed by atoms with Crippen LogP contribution in [-0.4, -0.2) is 23.5 Å². The van der Waals surface area contributed by atoms with Crippen LogP contribution in [0.1, 0.15) is 12.7 Å². The predicted octanol–water partition coefficient (Wildman–Crippen LogP) is 5.48. The van der Waals surface area contributed by atoms with Crippen LogP contribution < -0.4 is 15.0 Å². The Bertz CT molecular complexity index is 1270. The van der Waals surface area contributed by atoms with E-state index in [0.29, 0.717) is 45.2 Å². The molecule has 0 radical (unpaired) electrons. The van der Waals surface area contributed by atoms with Gasteiger partial charge in [-0.15, -0.1) is 0 Å². The van der Waals surface area contributed by atoms with Crippen LogP contribution in [0.2, 0.25) is 10.0 Å². The largest absolute Gasteiger partial charge is 0.494 e. The number of furan rings is 1. The van der Waals surface area contributed by atoms with Crippen LogP contribution in [0.15, 0.2) is 64.6 Å². The van der Waals surface area contributed by atoms with Gasteiger partial charge in [-0.05, 0) is 67.7 Å². The number of carbonyl (C=O) groups excluding carboxylic acids is 2. The summed E-state index contributed by atoms with van der Waals surface area (Å²) in [5.41, 5.74) is 0.990. The van der Waals surface area contributed by atoms with Gasteiger partial charge in [0.2, 0.25) is 0 Å². The van der Waals surface area contributed by atoms with Crippen molar-refractivity contribution >= 4 is 64.1 Å². The summed E-state index contributed by atoms with van der Waals surface area (Å²) >= 11 is 17.4. The number of hydrogen-bond donors (Lipinski definition) is 1. The van der Waals surface area contributed by atoms with Crippen molar-refractivity contribution in [3.8, 4) is 17.1 Å². The average Bonchev–Trinajstić information content (AvgIpc) is 3.20. The molecule has 32 heavy (non-hydrogen) atoms. The zero-order valence-electron chi connectivity index (χ0n) is 16.7. The van der Waals surface area contributed by atoms with Crippen molar-refractivity contribution < 1.29 is 18.7 Å². The van der Waals surface area contributed by atoms with Gasteiger partial charge in [-0.25, -0.2) is 0 Å². The van der Waals surface area contributed by atoms with Crippen molar-refractivity contribution in [3.63, 3.8) is 0 Å². The fourth-order valence-corrected chi connectivity index (χ4v) is 3.96. The Labute approximate surface area is 199 Å². The molecule has 0 aliphatic carbocycles. The molecule has 0 bridgehead atoms. The van der Waals surface area contributed by atoms with Gasteiger partial charge >= 0.3 is 0 Å². The molecule has 162 valence electrons. The molecule has 1 aromatic heterocycles. The maximum absolute atomic E-state index is 13.2. The second kappa shape index (κ2) is 9.16. The maximum Gasteiger partial charge on any atom is 0.270 e. The second-order valence-corrected chi connectivity index (χ2v) is 7.94. The van der Waals surface area contributed by atoms with Gasteiger partial charge < -0.3 is 9.15 Å². The van der Waals surface area contributed by atoms with E-state index >= 15 is 0 Å². The van der Waals surface area contributed by atoms with Gasteiger partial charge in [-0.3, -0.25) is 19.8 Å². The molecule has 6 nitrogen and oxygen atoms in total. The predicted molar refractivity (Wildman–Crippen MR) is 128 cm³/mol. The highest BCUT2D eigenvalue weighted by molar-refractivity contribution is 7.80. The van der Waals surface area contributed by atoms with Gasteiger partial charge in [-0.1, -0.05) is 29.3 Å². The van der Waals surface area contributed by atoms with Crippen molar-refractivity contribution in [2.75, 3.05) is 11.5 Å². The van der Waals surface area contributed by atoms with Crippen molar-refractivity contribution in [2.45, 2.75) is 6.92 Å². The number of ether oxygens (including phenoxy) is 1. The topological polar surface area (TPSA) is 71.8 Å². The quantitative estimate of drug-likeness (QED) is 0.293. The van der Waals surface area contributed by atoms with E-state index in [4.69, 9.17) is 44.6 Å². The van der Waals surface area contributed by atoms with E-state index in [2.05, 4.69) is 5.32 Å². The number of rotatable bonds is 5. The molecule has 1 saturated heterocycles. The minimum atomic E-state index is -0.611. The first kappa shape index (κ1) is 22.1. The van der Waals surface area contributed by atoms with Gasteiger partial charge in [0, 0.05) is 16.7 Å². The lowest BCUT2D eigenvalue weighted by Gasteiger charge is -2.29. The summed E-state index contributed by atoms with van der Waals surface area (Å²) in [6.07, 6.45) is 1.37. The summed E-state index contributed by atoms with van der Waals surface area (Å²) in [5, 5.41) is 3.45. The fourth-order valence-electron chi connectivity index (χ4n) is 3.18. The lowest BCUT2D eigenvalue weighted by atomic mass is 10.1. The van der Waals surface area contributed by atoms with E-state index in [1.54, 1.807) is 54.6 Å². The lowest BCUT2D eigenvalue weighted by Crippen LogP contribution is -2.54. The van der Waals surface area contributed by atoms with Gasteiger partial charge in [-0.2, -0.15) is 0 Å². The summed E-state index contributed by atoms with van der Waals surface area (Å²) < 4.78 is 11.3. The molecule has 0 unspecified atom stereocenters. The second-order valence-electron chi connectivity index (χ2n) is 6.71. The number of amides is 2. The number of hydrogen-bond acceptors (Lipinski definition) is 5. The normalized spacial score (nSPS) is 15.3. The zero-order chi connectivity index (χ0) is 22.8. The monoisotopic (exact) mass is 486 g/mol. The molecule has 4 rings (SSSR count). The summed E-state index contributed by atoms with van der Waals surface area (Å²) in [5.74, 6) is 0.174. The Hall–Kier alpha value is -3.13. The Balaban J connectivity index is 1.67. The highest BCUT2D eigenvalue weighted by atomic mass is 35.5. The first-order valence-corrected chi connectivity index (χ1v) is 10.7. The van der Waals surface area contributed by atoms with Crippen LogP contribution in [0.25, 0.3) is 17.4 Å². The van der Waals surface area contributed by atoms with Crippen LogP contribution in [0.4, 0.5) is 5.69 Å². The standard InChI is InChI=1S/C23H16Cl2N2O4S/c1-2-30-15-5-3-4-14(11-15)27-22(29)18(21(28)26-23(27)32)12-16-7-9-20(31-16)17-8-6-13(24)10-19(17)25/h3-12H,2H2,1H3,(H,26,28,32)/b18-12-. The maximum atomic E-state index is 13.2. The minimum Gasteiger partial charge on any atom is -0.494 e. The van der Waals surface area contributed by atoms with E-state index in [1.807, 2.05) is 6.92 Å². The summed E-state index contributed by atoms with van der Waals surface area (Å²) in [6.45, 7) is 2.33. The Morgan fingerprint density at radius 3 is 2.69 bits per heavy atom. The molecule has 1 aliphatic rings. The molecule has 3 aromatic rings. The molecule has 1 N–H and O–H groups in total. The molecule has 2 aromatic carbocycles. The third-order valence-electron chi connectivity index (χ3n) is 4.60. The number of anilines is 1. The van der Waals surface area contributed by atoms with E-state index in [0.717, 1.165) is 0 Å². The molecule has 2 amide bonds. The van der Waals surface area contributed by atoms with E-state index < -0.39 is 11.8 Å². The first-order valence-electron chi connectivity index (χ1n) is 9.57. The van der Waals surface area contributed by atoms with Gasteiger partial charge in [0.1, 0.15) is 22.8 Å². The van der Waals surface area contributed by atoms with Crippen molar-refractivity contribution in [1.29, 1.82) is 0 Å². The Morgan fingerprint density at radius 2 is 1.94 bits per heavy atom. The average molecular weight is 487 g/mol. The number of thiocarbonyl (C=S) groups is 1. The summed E-state index contributed by atoms with van der Waals surface area (Å²) in [7, 11) is 0. The molecule has 0 atom stereocenters. The van der Waals surface area contributed by atoms with E-state index in [-0.39, 0.29) is 10.7 Å². The number of nitrogens with one attached hydrogen (secondary N) is 1. The lowest BCUT2D eigenvalue weighted by molar-refractivity contribution is -0.122. The summed E-state index contributed by atoms with van der Waals surface area (Å²) in [6, 6.07) is 15.2. The van der Waals surface area contributed by atoms with Crippen LogP contribution in [0, 0.1) is 0 Å². The molecule has 0 spiro atoms. The van der Waals surface area contributed by atoms with Gasteiger partial charge in [0.25, 0.3) is 11.8 Å². The molecule has 0 saturated carbocycles. The molecule has 1 fully saturated rings. The number of halogens is 2. The summed E-state index contributed by atoms with van der Waals surface area (Å²) in [4.78, 5) is 26.9. The number of benzene rings is 2.